The summed E-state index contributed by atoms with van der Waals surface area (Å²) in [6.45, 7) is 10.7. The molecule has 0 bridgehead atoms. The van der Waals surface area contributed by atoms with Crippen molar-refractivity contribution in [1.82, 2.24) is 5.32 Å². The van der Waals surface area contributed by atoms with Crippen molar-refractivity contribution < 1.29 is 0 Å². The van der Waals surface area contributed by atoms with Crippen LogP contribution in [0, 0.1) is 0 Å². The van der Waals surface area contributed by atoms with Crippen molar-refractivity contribution in [2.75, 3.05) is 6.54 Å². The van der Waals surface area contributed by atoms with Crippen molar-refractivity contribution in [3.8, 4) is 0 Å². The molecule has 0 heterocycles. The fourth-order valence-electron chi connectivity index (χ4n) is 1.88. The summed E-state index contributed by atoms with van der Waals surface area (Å²) in [6.07, 6.45) is 2.66. The van der Waals surface area contributed by atoms with Crippen LogP contribution in [0.25, 0.3) is 5.70 Å². The molecule has 120 valence electrons. The van der Waals surface area contributed by atoms with Crippen LogP contribution in [-0.4, -0.2) is 24.0 Å². The van der Waals surface area contributed by atoms with E-state index in [-0.39, 0.29) is 0 Å². The van der Waals surface area contributed by atoms with Gasteiger partial charge in [-0.15, -0.1) is 0 Å². The number of hydrazone groups is 1. The van der Waals surface area contributed by atoms with Gasteiger partial charge in [-0.3, -0.25) is 4.99 Å². The number of nitrogens with two attached hydrogens (primary N) is 1. The molecule has 0 aromatic heterocycles. The van der Waals surface area contributed by atoms with Gasteiger partial charge in [-0.05, 0) is 44.0 Å². The van der Waals surface area contributed by atoms with Gasteiger partial charge >= 0.3 is 0 Å². The van der Waals surface area contributed by atoms with Gasteiger partial charge in [0, 0.05) is 28.5 Å². The molecule has 1 aromatic rings. The largest absolute Gasteiger partial charge is 0.374 e. The average Bonchev–Trinajstić information content (AvgIpc) is 2.41. The lowest BCUT2D eigenvalue weighted by atomic mass is 9.97. The van der Waals surface area contributed by atoms with Gasteiger partial charge in [0.2, 0.25) is 0 Å². The molecule has 0 fully saturated rings. The van der Waals surface area contributed by atoms with Crippen LogP contribution in [0.5, 0.6) is 0 Å². The first-order chi connectivity index (χ1) is 10.3. The van der Waals surface area contributed by atoms with Gasteiger partial charge in [0.25, 0.3) is 0 Å². The average molecular weight is 341 g/mol. The fraction of sp³-hybridized carbons (Fsp3) is 0.375. The van der Waals surface area contributed by atoms with Gasteiger partial charge in [-0.2, -0.15) is 5.10 Å². The van der Waals surface area contributed by atoms with E-state index < -0.39 is 5.54 Å². The first-order valence-electron chi connectivity index (χ1n) is 7.02. The number of aliphatic imine (C=N–C) groups is 1. The molecular formula is C16H22Cl2N4. The van der Waals surface area contributed by atoms with Crippen LogP contribution in [-0.2, 0) is 0 Å². The normalized spacial score (nSPS) is 12.7. The van der Waals surface area contributed by atoms with Gasteiger partial charge in [0.05, 0.1) is 5.54 Å². The molecule has 3 N–H and O–H groups in total. The van der Waals surface area contributed by atoms with Gasteiger partial charge in [0.15, 0.2) is 0 Å². The van der Waals surface area contributed by atoms with Gasteiger partial charge in [-0.1, -0.05) is 36.7 Å². The Hall–Kier alpha value is -1.52. The number of halogens is 2. The molecule has 6 heteroatoms. The zero-order valence-corrected chi connectivity index (χ0v) is 14.7. The van der Waals surface area contributed by atoms with Crippen molar-refractivity contribution in [2.24, 2.45) is 15.9 Å². The smallest absolute Gasteiger partial charge is 0.103 e. The Kier molecular flexibility index (Phi) is 6.91. The zero-order valence-electron chi connectivity index (χ0n) is 13.2. The molecule has 0 saturated carbocycles. The molecule has 0 saturated heterocycles. The second-order valence-electron chi connectivity index (χ2n) is 5.44. The minimum absolute atomic E-state index is 0.530. The van der Waals surface area contributed by atoms with Crippen molar-refractivity contribution in [1.29, 1.82) is 0 Å². The summed E-state index contributed by atoms with van der Waals surface area (Å²) in [5.74, 6) is 5.49. The minimum atomic E-state index is -0.530. The van der Waals surface area contributed by atoms with E-state index in [1.54, 1.807) is 24.4 Å². The maximum atomic E-state index is 6.02. The maximum absolute atomic E-state index is 6.02. The van der Waals surface area contributed by atoms with E-state index in [9.17, 15) is 0 Å². The number of rotatable bonds is 7. The summed E-state index contributed by atoms with van der Waals surface area (Å²) in [6, 6.07) is 5.27. The molecule has 0 atom stereocenters. The van der Waals surface area contributed by atoms with Crippen LogP contribution in [0.2, 0.25) is 10.0 Å². The predicted molar refractivity (Wildman–Crippen MR) is 98.0 cm³/mol. The Morgan fingerprint density at radius 1 is 1.32 bits per heavy atom. The molecule has 0 aliphatic carbocycles. The third kappa shape index (κ3) is 5.35. The van der Waals surface area contributed by atoms with E-state index in [1.165, 1.54) is 0 Å². The summed E-state index contributed by atoms with van der Waals surface area (Å²) in [5, 5.41) is 8.23. The molecular weight excluding hydrogens is 319 g/mol. The molecule has 22 heavy (non-hydrogen) atoms. The van der Waals surface area contributed by atoms with Crippen molar-refractivity contribution >= 4 is 40.8 Å². The summed E-state index contributed by atoms with van der Waals surface area (Å²) < 4.78 is 0. The molecule has 0 amide bonds. The Balaban J connectivity index is 2.92. The van der Waals surface area contributed by atoms with Crippen LogP contribution in [0.15, 0.2) is 34.9 Å². The Morgan fingerprint density at radius 2 is 1.91 bits per heavy atom. The molecule has 1 rings (SSSR count). The van der Waals surface area contributed by atoms with Gasteiger partial charge in [-0.25, -0.2) is 0 Å². The van der Waals surface area contributed by atoms with Crippen molar-refractivity contribution in [2.45, 2.75) is 32.7 Å². The SMILES string of the molecule is C=C(NC(C)(C)/C(C=NCCC)=N/N)c1cc(Cl)cc(Cl)c1. The molecule has 0 spiro atoms. The zero-order chi connectivity index (χ0) is 16.8. The minimum Gasteiger partial charge on any atom is -0.374 e. The third-order valence-corrected chi connectivity index (χ3v) is 3.46. The first kappa shape index (κ1) is 18.5. The van der Waals surface area contributed by atoms with Crippen molar-refractivity contribution in [3.05, 3.63) is 40.4 Å². The van der Waals surface area contributed by atoms with E-state index in [1.807, 2.05) is 13.8 Å². The Labute approximate surface area is 142 Å². The lowest BCUT2D eigenvalue weighted by Crippen LogP contribution is -2.46. The topological polar surface area (TPSA) is 62.8 Å². The third-order valence-electron chi connectivity index (χ3n) is 3.02. The summed E-state index contributed by atoms with van der Waals surface area (Å²) in [5.41, 5.74) is 1.60. The maximum Gasteiger partial charge on any atom is 0.103 e. The van der Waals surface area contributed by atoms with Crippen LogP contribution in [0.3, 0.4) is 0 Å². The highest BCUT2D eigenvalue weighted by molar-refractivity contribution is 6.35. The van der Waals surface area contributed by atoms with Crippen LogP contribution < -0.4 is 11.2 Å². The highest BCUT2D eigenvalue weighted by Crippen LogP contribution is 2.23. The van der Waals surface area contributed by atoms with Gasteiger partial charge < -0.3 is 11.2 Å². The second kappa shape index (κ2) is 8.20. The highest BCUT2D eigenvalue weighted by atomic mass is 35.5. The molecule has 0 radical (unpaired) electrons. The van der Waals surface area contributed by atoms with Crippen LogP contribution in [0.4, 0.5) is 0 Å². The van der Waals surface area contributed by atoms with E-state index in [0.29, 0.717) is 21.5 Å². The lowest BCUT2D eigenvalue weighted by Gasteiger charge is -2.28. The summed E-state index contributed by atoms with van der Waals surface area (Å²) in [7, 11) is 0. The monoisotopic (exact) mass is 340 g/mol. The predicted octanol–water partition coefficient (Wildman–Crippen LogP) is 4.13. The standard InChI is InChI=1S/C16H22Cl2N4/c1-5-6-20-10-15(22-19)16(3,4)21-11(2)12-7-13(17)9-14(18)8-12/h7-10,21H,2,5-6,19H2,1,3-4H3/b20-10?,22-15+. The first-order valence-corrected chi connectivity index (χ1v) is 7.77. The number of nitrogens with one attached hydrogen (secondary N) is 1. The molecule has 0 unspecified atom stereocenters. The van der Waals surface area contributed by atoms with E-state index in [2.05, 4.69) is 28.9 Å². The fourth-order valence-corrected chi connectivity index (χ4v) is 2.40. The summed E-state index contributed by atoms with van der Waals surface area (Å²) >= 11 is 12.0. The lowest BCUT2D eigenvalue weighted by molar-refractivity contribution is 0.607. The van der Waals surface area contributed by atoms with Crippen LogP contribution in [0.1, 0.15) is 32.8 Å². The molecule has 0 aliphatic heterocycles. The Bertz CT molecular complexity index is 572. The van der Waals surface area contributed by atoms with E-state index in [0.717, 1.165) is 18.5 Å². The Morgan fingerprint density at radius 3 is 2.41 bits per heavy atom. The number of hydrogen-bond donors (Lipinski definition) is 2. The number of hydrogen-bond acceptors (Lipinski definition) is 4. The number of nitrogens with zero attached hydrogens (tertiary/aromatic N) is 2. The second-order valence-corrected chi connectivity index (χ2v) is 6.31. The summed E-state index contributed by atoms with van der Waals surface area (Å²) in [4.78, 5) is 4.29. The van der Waals surface area contributed by atoms with Crippen molar-refractivity contribution in [3.63, 3.8) is 0 Å². The molecule has 4 nitrogen and oxygen atoms in total. The molecule has 0 aliphatic rings. The van der Waals surface area contributed by atoms with E-state index in [4.69, 9.17) is 29.0 Å². The molecule has 1 aromatic carbocycles. The van der Waals surface area contributed by atoms with Gasteiger partial charge in [0.1, 0.15) is 5.71 Å². The van der Waals surface area contributed by atoms with Crippen LogP contribution >= 0.6 is 23.2 Å². The quantitative estimate of drug-likeness (QED) is 0.445. The highest BCUT2D eigenvalue weighted by Gasteiger charge is 2.24. The van der Waals surface area contributed by atoms with E-state index >= 15 is 0 Å². The number of benzene rings is 1.